The first-order valence-electron chi connectivity index (χ1n) is 3.92. The van der Waals surface area contributed by atoms with Crippen molar-refractivity contribution >= 4 is 17.4 Å². The summed E-state index contributed by atoms with van der Waals surface area (Å²) in [6, 6.07) is 8.09. The summed E-state index contributed by atoms with van der Waals surface area (Å²) in [5.41, 5.74) is 12.0. The molecule has 1 aromatic carbocycles. The molecular formula is C9H14N2S. The van der Waals surface area contributed by atoms with Crippen molar-refractivity contribution in [1.82, 2.24) is 0 Å². The number of nitrogens with two attached hydrogens (primary N) is 2. The molecule has 1 rings (SSSR count). The molecule has 2 nitrogen and oxygen atoms in total. The van der Waals surface area contributed by atoms with Gasteiger partial charge < -0.3 is 11.5 Å². The highest BCUT2D eigenvalue weighted by molar-refractivity contribution is 7.99. The first-order chi connectivity index (χ1) is 5.68. The van der Waals surface area contributed by atoms with E-state index in [1.54, 1.807) is 11.8 Å². The van der Waals surface area contributed by atoms with Gasteiger partial charge in [-0.15, -0.1) is 11.8 Å². The fraction of sp³-hybridized carbons (Fsp3) is 0.333. The molecule has 0 spiro atoms. The Balaban J connectivity index is 2.48. The largest absolute Gasteiger partial charge is 0.399 e. The molecule has 0 aliphatic heterocycles. The van der Waals surface area contributed by atoms with Crippen LogP contribution in [0.25, 0.3) is 0 Å². The molecular weight excluding hydrogens is 168 g/mol. The predicted molar refractivity (Wildman–Crippen MR) is 55.2 cm³/mol. The minimum atomic E-state index is 0.243. The number of rotatable bonds is 3. The van der Waals surface area contributed by atoms with E-state index < -0.39 is 0 Å². The lowest BCUT2D eigenvalue weighted by Gasteiger charge is -2.04. The second-order valence-electron chi connectivity index (χ2n) is 2.86. The highest BCUT2D eigenvalue weighted by atomic mass is 32.2. The van der Waals surface area contributed by atoms with E-state index >= 15 is 0 Å². The standard InChI is InChI=1S/C9H14N2S/c1-7(10)6-12-9-4-2-8(11)3-5-9/h2-5,7H,6,10-11H2,1H3. The van der Waals surface area contributed by atoms with Crippen molar-refractivity contribution in [2.24, 2.45) is 5.73 Å². The molecule has 0 heterocycles. The van der Waals surface area contributed by atoms with Crippen LogP contribution in [0.15, 0.2) is 29.2 Å². The Labute approximate surface area is 77.3 Å². The summed E-state index contributed by atoms with van der Waals surface area (Å²) in [4.78, 5) is 1.22. The Morgan fingerprint density at radius 1 is 1.33 bits per heavy atom. The first-order valence-corrected chi connectivity index (χ1v) is 4.91. The Morgan fingerprint density at radius 3 is 2.42 bits per heavy atom. The minimum absolute atomic E-state index is 0.243. The van der Waals surface area contributed by atoms with Crippen molar-refractivity contribution in [1.29, 1.82) is 0 Å². The van der Waals surface area contributed by atoms with Gasteiger partial charge in [0.05, 0.1) is 0 Å². The molecule has 3 heteroatoms. The van der Waals surface area contributed by atoms with Crippen LogP contribution in [0.5, 0.6) is 0 Å². The van der Waals surface area contributed by atoms with Gasteiger partial charge in [-0.2, -0.15) is 0 Å². The summed E-state index contributed by atoms with van der Waals surface area (Å²) in [6.07, 6.45) is 0. The number of anilines is 1. The molecule has 1 unspecified atom stereocenters. The topological polar surface area (TPSA) is 52.0 Å². The van der Waals surface area contributed by atoms with Crippen LogP contribution in [-0.2, 0) is 0 Å². The van der Waals surface area contributed by atoms with Crippen molar-refractivity contribution in [2.45, 2.75) is 17.9 Å². The lowest BCUT2D eigenvalue weighted by Crippen LogP contribution is -2.17. The van der Waals surface area contributed by atoms with Crippen LogP contribution in [0.3, 0.4) is 0 Å². The molecule has 1 aromatic rings. The summed E-state index contributed by atoms with van der Waals surface area (Å²) in [7, 11) is 0. The maximum absolute atomic E-state index is 5.62. The number of hydrogen-bond acceptors (Lipinski definition) is 3. The maximum Gasteiger partial charge on any atom is 0.0314 e. The molecule has 0 radical (unpaired) electrons. The van der Waals surface area contributed by atoms with E-state index in [1.165, 1.54) is 4.90 Å². The Hall–Kier alpha value is -0.670. The molecule has 0 aromatic heterocycles. The lowest BCUT2D eigenvalue weighted by molar-refractivity contribution is 0.847. The van der Waals surface area contributed by atoms with Crippen molar-refractivity contribution in [3.8, 4) is 0 Å². The highest BCUT2D eigenvalue weighted by Gasteiger charge is 1.96. The molecule has 0 amide bonds. The molecule has 0 saturated carbocycles. The van der Waals surface area contributed by atoms with Gasteiger partial charge in [-0.05, 0) is 31.2 Å². The van der Waals surface area contributed by atoms with Crippen LogP contribution in [0.2, 0.25) is 0 Å². The van der Waals surface area contributed by atoms with E-state index in [2.05, 4.69) is 0 Å². The van der Waals surface area contributed by atoms with Crippen LogP contribution < -0.4 is 11.5 Å². The second-order valence-corrected chi connectivity index (χ2v) is 3.95. The van der Waals surface area contributed by atoms with Crippen molar-refractivity contribution in [3.63, 3.8) is 0 Å². The molecule has 0 fully saturated rings. The van der Waals surface area contributed by atoms with Crippen LogP contribution in [0, 0.1) is 0 Å². The van der Waals surface area contributed by atoms with Gasteiger partial charge in [0, 0.05) is 22.4 Å². The smallest absolute Gasteiger partial charge is 0.0314 e. The lowest BCUT2D eigenvalue weighted by atomic mass is 10.3. The second kappa shape index (κ2) is 4.38. The molecule has 0 bridgehead atoms. The van der Waals surface area contributed by atoms with E-state index in [4.69, 9.17) is 11.5 Å². The van der Waals surface area contributed by atoms with Crippen molar-refractivity contribution in [2.75, 3.05) is 11.5 Å². The number of benzene rings is 1. The highest BCUT2D eigenvalue weighted by Crippen LogP contribution is 2.19. The van der Waals surface area contributed by atoms with Gasteiger partial charge in [-0.1, -0.05) is 0 Å². The van der Waals surface area contributed by atoms with E-state index in [1.807, 2.05) is 31.2 Å². The molecule has 4 N–H and O–H groups in total. The Morgan fingerprint density at radius 2 is 1.92 bits per heavy atom. The summed E-state index contributed by atoms with van der Waals surface area (Å²) in [5.74, 6) is 0.948. The minimum Gasteiger partial charge on any atom is -0.399 e. The van der Waals surface area contributed by atoms with Gasteiger partial charge in [0.2, 0.25) is 0 Å². The van der Waals surface area contributed by atoms with E-state index in [-0.39, 0.29) is 6.04 Å². The van der Waals surface area contributed by atoms with Crippen molar-refractivity contribution < 1.29 is 0 Å². The SMILES string of the molecule is CC(N)CSc1ccc(N)cc1. The van der Waals surface area contributed by atoms with Gasteiger partial charge in [-0.25, -0.2) is 0 Å². The summed E-state index contributed by atoms with van der Waals surface area (Å²) >= 11 is 1.76. The molecule has 66 valence electrons. The third-order valence-electron chi connectivity index (χ3n) is 1.39. The zero-order chi connectivity index (χ0) is 8.97. The third-order valence-corrected chi connectivity index (χ3v) is 2.69. The van der Waals surface area contributed by atoms with Gasteiger partial charge in [0.1, 0.15) is 0 Å². The maximum atomic E-state index is 5.62. The predicted octanol–water partition coefficient (Wildman–Crippen LogP) is 1.71. The average molecular weight is 182 g/mol. The normalized spacial score (nSPS) is 12.8. The molecule has 0 aliphatic rings. The van der Waals surface area contributed by atoms with Gasteiger partial charge >= 0.3 is 0 Å². The van der Waals surface area contributed by atoms with Gasteiger partial charge in [0.15, 0.2) is 0 Å². The fourth-order valence-corrected chi connectivity index (χ4v) is 1.58. The van der Waals surface area contributed by atoms with Crippen LogP contribution >= 0.6 is 11.8 Å². The number of nitrogen functional groups attached to an aromatic ring is 1. The molecule has 0 saturated heterocycles. The van der Waals surface area contributed by atoms with E-state index in [0.717, 1.165) is 11.4 Å². The zero-order valence-corrected chi connectivity index (χ0v) is 7.97. The van der Waals surface area contributed by atoms with Gasteiger partial charge in [-0.3, -0.25) is 0 Å². The van der Waals surface area contributed by atoms with Crippen molar-refractivity contribution in [3.05, 3.63) is 24.3 Å². The number of thioether (sulfide) groups is 1. The Kier molecular flexibility index (Phi) is 3.44. The molecule has 1 atom stereocenters. The quantitative estimate of drug-likeness (QED) is 0.552. The molecule has 0 aliphatic carbocycles. The number of hydrogen-bond donors (Lipinski definition) is 2. The van der Waals surface area contributed by atoms with Gasteiger partial charge in [0.25, 0.3) is 0 Å². The fourth-order valence-electron chi connectivity index (χ4n) is 0.792. The first kappa shape index (κ1) is 9.42. The Bertz CT molecular complexity index is 231. The summed E-state index contributed by atoms with van der Waals surface area (Å²) in [5, 5.41) is 0. The van der Waals surface area contributed by atoms with Crippen LogP contribution in [-0.4, -0.2) is 11.8 Å². The van der Waals surface area contributed by atoms with E-state index in [0.29, 0.717) is 0 Å². The zero-order valence-electron chi connectivity index (χ0n) is 7.16. The van der Waals surface area contributed by atoms with Crippen LogP contribution in [0.4, 0.5) is 5.69 Å². The molecule has 12 heavy (non-hydrogen) atoms. The summed E-state index contributed by atoms with van der Waals surface area (Å²) in [6.45, 7) is 2.00. The van der Waals surface area contributed by atoms with E-state index in [9.17, 15) is 0 Å². The third kappa shape index (κ3) is 3.15. The summed E-state index contributed by atoms with van der Waals surface area (Å²) < 4.78 is 0. The van der Waals surface area contributed by atoms with Crippen LogP contribution in [0.1, 0.15) is 6.92 Å². The monoisotopic (exact) mass is 182 g/mol. The average Bonchev–Trinajstić information content (AvgIpc) is 2.03.